The van der Waals surface area contributed by atoms with Crippen molar-refractivity contribution in [2.45, 2.75) is 163 Å². The second kappa shape index (κ2) is 29.5. The molecule has 4 rings (SSSR count). The first-order valence-corrected chi connectivity index (χ1v) is 19.2. The Morgan fingerprint density at radius 3 is 0.529 bits per heavy atom. The zero-order chi connectivity index (χ0) is 36.1. The van der Waals surface area contributed by atoms with E-state index < -0.39 is 0 Å². The Morgan fingerprint density at radius 2 is 0.431 bits per heavy atom. The largest absolute Gasteiger partial charge is 0.0776 e. The smallest absolute Gasteiger partial charge is 0.0199 e. The monoisotopic (exact) mass is 697 g/mol. The molecule has 4 aromatic rings. The third-order valence-electron chi connectivity index (χ3n) is 10.3. The van der Waals surface area contributed by atoms with Crippen LogP contribution in [-0.4, -0.2) is 0 Å². The zero-order valence-corrected chi connectivity index (χ0v) is 33.4. The maximum atomic E-state index is 2.30. The Bertz CT molecular complexity index is 1110. The number of rotatable bonds is 11. The van der Waals surface area contributed by atoms with Gasteiger partial charge in [0, 0.05) is 11.8 Å². The van der Waals surface area contributed by atoms with Crippen LogP contribution in [0, 0.1) is 45.4 Å². The summed E-state index contributed by atoms with van der Waals surface area (Å²) in [6, 6.07) is 36.3. The minimum absolute atomic E-state index is 0. The number of hydrogen-bond acceptors (Lipinski definition) is 0. The van der Waals surface area contributed by atoms with E-state index in [2.05, 4.69) is 187 Å². The van der Waals surface area contributed by atoms with Gasteiger partial charge in [-0.05, 0) is 67.7 Å². The molecule has 0 aliphatic carbocycles. The Morgan fingerprint density at radius 1 is 0.294 bits per heavy atom. The fourth-order valence-corrected chi connectivity index (χ4v) is 5.12. The number of benzene rings is 4. The second-order valence-electron chi connectivity index (χ2n) is 14.4. The first-order chi connectivity index (χ1) is 22.9. The predicted octanol–water partition coefficient (Wildman–Crippen LogP) is 17.1. The van der Waals surface area contributed by atoms with Crippen LogP contribution in [0.5, 0.6) is 0 Å². The van der Waals surface area contributed by atoms with Crippen LogP contribution in [0.1, 0.15) is 179 Å². The average Bonchev–Trinajstić information content (AvgIpc) is 3.12. The molecule has 0 aliphatic heterocycles. The number of aryl methyl sites for hydroxylation is 4. The fourth-order valence-electron chi connectivity index (χ4n) is 5.12. The highest BCUT2D eigenvalue weighted by Crippen LogP contribution is 2.43. The molecule has 288 valence electrons. The van der Waals surface area contributed by atoms with Gasteiger partial charge in [0.15, 0.2) is 0 Å². The highest BCUT2D eigenvalue weighted by Gasteiger charge is 2.28. The Kier molecular flexibility index (Phi) is 30.2. The molecule has 51 heavy (non-hydrogen) atoms. The van der Waals surface area contributed by atoms with Crippen LogP contribution in [0.15, 0.2) is 97.1 Å². The molecule has 0 fully saturated rings. The summed E-state index contributed by atoms with van der Waals surface area (Å²) in [5.41, 5.74) is 10.6. The van der Waals surface area contributed by atoms with E-state index in [0.29, 0.717) is 0 Å². The molecule has 0 bridgehead atoms. The summed E-state index contributed by atoms with van der Waals surface area (Å²) in [7, 11) is 0. The molecule has 0 amide bonds. The van der Waals surface area contributed by atoms with Gasteiger partial charge in [-0.25, -0.2) is 0 Å². The SMILES string of the molecule is C.C.C.CCC(C)CC.CCC(C)CC.CCC(C)CC.Cc1ccc(C(c2ccc(C)cc2)C(c2ccc(C)cc2)c2ccc(C)cc2)cc1. The summed E-state index contributed by atoms with van der Waals surface area (Å²) in [5.74, 6) is 3.30. The minimum Gasteiger partial charge on any atom is -0.0776 e. The zero-order valence-electron chi connectivity index (χ0n) is 33.4. The normalized spacial score (nSPS) is 10.2. The van der Waals surface area contributed by atoms with Gasteiger partial charge in [-0.1, -0.05) is 242 Å². The van der Waals surface area contributed by atoms with E-state index in [1.165, 1.54) is 83.0 Å². The molecule has 0 spiro atoms. The first-order valence-electron chi connectivity index (χ1n) is 19.2. The molecule has 0 unspecified atom stereocenters. The highest BCUT2D eigenvalue weighted by molar-refractivity contribution is 5.46. The summed E-state index contributed by atoms with van der Waals surface area (Å²) in [4.78, 5) is 0. The average molecular weight is 697 g/mol. The molecule has 0 nitrogen and oxygen atoms in total. The van der Waals surface area contributed by atoms with E-state index in [1.54, 1.807) is 0 Å². The van der Waals surface area contributed by atoms with Crippen molar-refractivity contribution in [3.63, 3.8) is 0 Å². The van der Waals surface area contributed by atoms with Crippen LogP contribution < -0.4 is 0 Å². The van der Waals surface area contributed by atoms with Crippen molar-refractivity contribution in [2.75, 3.05) is 0 Å². The molecule has 0 aliphatic rings. The molecule has 4 aromatic carbocycles. The third kappa shape index (κ3) is 19.9. The Balaban J connectivity index is -0.000000914. The van der Waals surface area contributed by atoms with Crippen LogP contribution >= 0.6 is 0 Å². The molecule has 0 atom stereocenters. The Labute approximate surface area is 320 Å². The first kappa shape index (κ1) is 52.2. The van der Waals surface area contributed by atoms with Crippen molar-refractivity contribution < 1.29 is 0 Å². The fraction of sp³-hybridized carbons (Fsp3) is 0.529. The Hall–Kier alpha value is -3.12. The number of hydrogen-bond donors (Lipinski definition) is 0. The van der Waals surface area contributed by atoms with Crippen LogP contribution in [0.25, 0.3) is 0 Å². The lowest BCUT2D eigenvalue weighted by atomic mass is 9.73. The quantitative estimate of drug-likeness (QED) is 0.146. The molecular weight excluding hydrogens is 613 g/mol. The summed E-state index contributed by atoms with van der Waals surface area (Å²) >= 11 is 0. The molecule has 0 saturated carbocycles. The van der Waals surface area contributed by atoms with Crippen LogP contribution in [0.4, 0.5) is 0 Å². The van der Waals surface area contributed by atoms with Gasteiger partial charge in [0.05, 0.1) is 0 Å². The van der Waals surface area contributed by atoms with Crippen molar-refractivity contribution in [3.8, 4) is 0 Å². The van der Waals surface area contributed by atoms with Crippen molar-refractivity contribution >= 4 is 0 Å². The predicted molar refractivity (Wildman–Crippen MR) is 238 cm³/mol. The van der Waals surface area contributed by atoms with Gasteiger partial charge in [-0.2, -0.15) is 0 Å². The highest BCUT2D eigenvalue weighted by atomic mass is 14.3. The van der Waals surface area contributed by atoms with Crippen molar-refractivity contribution in [3.05, 3.63) is 142 Å². The molecule has 0 N–H and O–H groups in total. The van der Waals surface area contributed by atoms with Crippen LogP contribution in [0.2, 0.25) is 0 Å². The van der Waals surface area contributed by atoms with Gasteiger partial charge in [0.25, 0.3) is 0 Å². The third-order valence-corrected chi connectivity index (χ3v) is 10.3. The van der Waals surface area contributed by atoms with Gasteiger partial charge in [-0.15, -0.1) is 0 Å². The van der Waals surface area contributed by atoms with E-state index in [1.807, 2.05) is 0 Å². The lowest BCUT2D eigenvalue weighted by Gasteiger charge is -2.30. The van der Waals surface area contributed by atoms with Crippen molar-refractivity contribution in [1.82, 2.24) is 0 Å². The standard InChI is InChI=1S/C30H30.3C6H14.3CH4/c1-21-5-13-25(14-6-21)29(26-15-7-22(2)8-16-26)30(27-17-9-23(3)10-18-27)28-19-11-24(4)12-20-28;3*1-4-6(3)5-2;;;/h5-20,29-30H,1-4H3;3*6H,4-5H2,1-3H3;3*1H4. The summed E-state index contributed by atoms with van der Waals surface area (Å²) in [6.45, 7) is 28.8. The summed E-state index contributed by atoms with van der Waals surface area (Å²) in [6.07, 6.45) is 7.98. The van der Waals surface area contributed by atoms with Crippen LogP contribution in [-0.2, 0) is 0 Å². The molecule has 0 aromatic heterocycles. The van der Waals surface area contributed by atoms with Gasteiger partial charge in [0.1, 0.15) is 0 Å². The van der Waals surface area contributed by atoms with E-state index >= 15 is 0 Å². The summed E-state index contributed by atoms with van der Waals surface area (Å²) in [5, 5.41) is 0. The topological polar surface area (TPSA) is 0 Å². The minimum atomic E-state index is 0. The lowest BCUT2D eigenvalue weighted by Crippen LogP contribution is -2.15. The second-order valence-corrected chi connectivity index (χ2v) is 14.4. The lowest BCUT2D eigenvalue weighted by molar-refractivity contribution is 0.544. The van der Waals surface area contributed by atoms with Gasteiger partial charge in [-0.3, -0.25) is 0 Å². The van der Waals surface area contributed by atoms with Gasteiger partial charge in [0.2, 0.25) is 0 Å². The molecule has 0 heterocycles. The van der Waals surface area contributed by atoms with Gasteiger partial charge >= 0.3 is 0 Å². The molecule has 0 radical (unpaired) electrons. The molecule has 0 saturated heterocycles. The van der Waals surface area contributed by atoms with Crippen molar-refractivity contribution in [1.29, 1.82) is 0 Å². The molecular formula is C51H84. The van der Waals surface area contributed by atoms with Crippen molar-refractivity contribution in [2.24, 2.45) is 17.8 Å². The van der Waals surface area contributed by atoms with E-state index in [9.17, 15) is 0 Å². The van der Waals surface area contributed by atoms with Gasteiger partial charge < -0.3 is 0 Å². The van der Waals surface area contributed by atoms with E-state index in [4.69, 9.17) is 0 Å². The van der Waals surface area contributed by atoms with E-state index in [-0.39, 0.29) is 34.1 Å². The van der Waals surface area contributed by atoms with E-state index in [0.717, 1.165) is 17.8 Å². The molecule has 0 heteroatoms. The van der Waals surface area contributed by atoms with Crippen LogP contribution in [0.3, 0.4) is 0 Å². The summed E-state index contributed by atoms with van der Waals surface area (Å²) < 4.78 is 0. The maximum absolute atomic E-state index is 2.30. The maximum Gasteiger partial charge on any atom is 0.0199 e.